The lowest BCUT2D eigenvalue weighted by molar-refractivity contribution is 0.722. The number of anilines is 1. The molecule has 2 aromatic carbocycles. The summed E-state index contributed by atoms with van der Waals surface area (Å²) < 4.78 is 1.10. The van der Waals surface area contributed by atoms with E-state index in [-0.39, 0.29) is 6.04 Å². The van der Waals surface area contributed by atoms with Crippen LogP contribution in [0.2, 0.25) is 0 Å². The van der Waals surface area contributed by atoms with Gasteiger partial charge in [0.1, 0.15) is 0 Å². The van der Waals surface area contributed by atoms with Crippen molar-refractivity contribution in [3.8, 4) is 0 Å². The molecule has 21 heavy (non-hydrogen) atoms. The maximum absolute atomic E-state index is 5.38. The van der Waals surface area contributed by atoms with Crippen LogP contribution in [0.5, 0.6) is 0 Å². The standard InChI is InChI=1S/C17H19BrN2S/c1-11-4-6-14(7-5-11)13(3)19-17(21)20-15-8-9-16(18)12(2)10-15/h4-10,13H,1-3H3,(H2,19,20,21)/t13-/m1/s1. The smallest absolute Gasteiger partial charge is 0.171 e. The second kappa shape index (κ2) is 7.05. The molecule has 0 heterocycles. The van der Waals surface area contributed by atoms with E-state index in [1.807, 2.05) is 12.1 Å². The van der Waals surface area contributed by atoms with Crippen molar-refractivity contribution in [2.45, 2.75) is 26.8 Å². The third-order valence-corrected chi connectivity index (χ3v) is 4.45. The van der Waals surface area contributed by atoms with Crippen LogP contribution in [-0.4, -0.2) is 5.11 Å². The first-order valence-electron chi connectivity index (χ1n) is 6.86. The molecule has 0 aromatic heterocycles. The second-order valence-electron chi connectivity index (χ2n) is 5.19. The monoisotopic (exact) mass is 362 g/mol. The maximum Gasteiger partial charge on any atom is 0.171 e. The number of rotatable bonds is 3. The first kappa shape index (κ1) is 16.0. The first-order valence-corrected chi connectivity index (χ1v) is 8.06. The van der Waals surface area contributed by atoms with Crippen LogP contribution in [0, 0.1) is 13.8 Å². The minimum absolute atomic E-state index is 0.169. The van der Waals surface area contributed by atoms with Crippen LogP contribution in [0.25, 0.3) is 0 Å². The molecule has 0 spiro atoms. The predicted octanol–water partition coefficient (Wildman–Crippen LogP) is 5.11. The van der Waals surface area contributed by atoms with Crippen molar-refractivity contribution in [3.05, 3.63) is 63.6 Å². The summed E-state index contributed by atoms with van der Waals surface area (Å²) in [4.78, 5) is 0. The number of hydrogen-bond donors (Lipinski definition) is 2. The first-order chi connectivity index (χ1) is 9.95. The van der Waals surface area contributed by atoms with Gasteiger partial charge in [-0.2, -0.15) is 0 Å². The van der Waals surface area contributed by atoms with Gasteiger partial charge in [-0.25, -0.2) is 0 Å². The van der Waals surface area contributed by atoms with Crippen molar-refractivity contribution in [1.82, 2.24) is 5.32 Å². The van der Waals surface area contributed by atoms with Gasteiger partial charge in [0.2, 0.25) is 0 Å². The summed E-state index contributed by atoms with van der Waals surface area (Å²) in [7, 11) is 0. The maximum atomic E-state index is 5.38. The van der Waals surface area contributed by atoms with Gasteiger partial charge in [-0.3, -0.25) is 0 Å². The van der Waals surface area contributed by atoms with Crippen molar-refractivity contribution < 1.29 is 0 Å². The Hall–Kier alpha value is -1.39. The molecule has 0 unspecified atom stereocenters. The van der Waals surface area contributed by atoms with Crippen LogP contribution in [-0.2, 0) is 0 Å². The molecule has 2 rings (SSSR count). The van der Waals surface area contributed by atoms with Crippen molar-refractivity contribution in [1.29, 1.82) is 0 Å². The zero-order valence-electron chi connectivity index (χ0n) is 12.4. The fourth-order valence-corrected chi connectivity index (χ4v) is 2.57. The van der Waals surface area contributed by atoms with E-state index < -0.39 is 0 Å². The zero-order valence-corrected chi connectivity index (χ0v) is 14.8. The number of aryl methyl sites for hydroxylation is 2. The van der Waals surface area contributed by atoms with Gasteiger partial charge in [-0.1, -0.05) is 45.8 Å². The highest BCUT2D eigenvalue weighted by atomic mass is 79.9. The molecule has 2 nitrogen and oxygen atoms in total. The Labute approximate surface area is 140 Å². The van der Waals surface area contributed by atoms with Gasteiger partial charge in [0.25, 0.3) is 0 Å². The van der Waals surface area contributed by atoms with E-state index in [0.717, 1.165) is 10.2 Å². The third kappa shape index (κ3) is 4.55. The van der Waals surface area contributed by atoms with Gasteiger partial charge in [-0.15, -0.1) is 0 Å². The molecule has 0 saturated carbocycles. The average Bonchev–Trinajstić information content (AvgIpc) is 2.43. The van der Waals surface area contributed by atoms with E-state index in [4.69, 9.17) is 12.2 Å². The summed E-state index contributed by atoms with van der Waals surface area (Å²) in [5.74, 6) is 0. The molecule has 0 aliphatic rings. The second-order valence-corrected chi connectivity index (χ2v) is 6.46. The van der Waals surface area contributed by atoms with Gasteiger partial charge < -0.3 is 10.6 Å². The molecule has 4 heteroatoms. The van der Waals surface area contributed by atoms with Crippen LogP contribution >= 0.6 is 28.1 Å². The van der Waals surface area contributed by atoms with Crippen molar-refractivity contribution >= 4 is 38.9 Å². The molecular weight excluding hydrogens is 344 g/mol. The van der Waals surface area contributed by atoms with Crippen molar-refractivity contribution in [3.63, 3.8) is 0 Å². The number of nitrogens with one attached hydrogen (secondary N) is 2. The Morgan fingerprint density at radius 1 is 1.10 bits per heavy atom. The molecule has 110 valence electrons. The van der Waals surface area contributed by atoms with Gasteiger partial charge in [0, 0.05) is 10.2 Å². The zero-order chi connectivity index (χ0) is 15.4. The molecule has 0 aliphatic heterocycles. The fourth-order valence-electron chi connectivity index (χ4n) is 2.02. The summed E-state index contributed by atoms with van der Waals surface area (Å²) in [5.41, 5.74) is 4.65. The highest BCUT2D eigenvalue weighted by molar-refractivity contribution is 9.10. The molecule has 0 amide bonds. The molecule has 0 bridgehead atoms. The van der Waals surface area contributed by atoms with Crippen LogP contribution in [0.4, 0.5) is 5.69 Å². The largest absolute Gasteiger partial charge is 0.356 e. The van der Waals surface area contributed by atoms with Gasteiger partial charge in [0.05, 0.1) is 6.04 Å². The Bertz CT molecular complexity index is 638. The molecule has 0 aliphatic carbocycles. The topological polar surface area (TPSA) is 24.1 Å². The van der Waals surface area contributed by atoms with E-state index in [1.54, 1.807) is 0 Å². The van der Waals surface area contributed by atoms with Gasteiger partial charge in [-0.05, 0) is 62.3 Å². The summed E-state index contributed by atoms with van der Waals surface area (Å²) in [6, 6.07) is 14.7. The number of hydrogen-bond acceptors (Lipinski definition) is 1. The lowest BCUT2D eigenvalue weighted by Gasteiger charge is -2.18. The molecule has 2 aromatic rings. The highest BCUT2D eigenvalue weighted by Crippen LogP contribution is 2.20. The lowest BCUT2D eigenvalue weighted by atomic mass is 10.1. The molecule has 1 atom stereocenters. The molecule has 2 N–H and O–H groups in total. The Morgan fingerprint density at radius 3 is 2.38 bits per heavy atom. The van der Waals surface area contributed by atoms with E-state index in [2.05, 4.69) is 77.7 Å². The number of halogens is 1. The molecular formula is C17H19BrN2S. The summed E-state index contributed by atoms with van der Waals surface area (Å²) >= 11 is 8.88. The van der Waals surface area contributed by atoms with E-state index in [0.29, 0.717) is 5.11 Å². The lowest BCUT2D eigenvalue weighted by Crippen LogP contribution is -2.30. The quantitative estimate of drug-likeness (QED) is 0.741. The molecule has 0 saturated heterocycles. The molecule has 0 fully saturated rings. The van der Waals surface area contributed by atoms with Crippen LogP contribution in [0.3, 0.4) is 0 Å². The van der Waals surface area contributed by atoms with Crippen LogP contribution < -0.4 is 10.6 Å². The van der Waals surface area contributed by atoms with Gasteiger partial charge in [0.15, 0.2) is 5.11 Å². The van der Waals surface area contributed by atoms with Crippen LogP contribution in [0.15, 0.2) is 46.9 Å². The van der Waals surface area contributed by atoms with Crippen molar-refractivity contribution in [2.24, 2.45) is 0 Å². The average molecular weight is 363 g/mol. The van der Waals surface area contributed by atoms with E-state index >= 15 is 0 Å². The Morgan fingerprint density at radius 2 is 1.76 bits per heavy atom. The third-order valence-electron chi connectivity index (χ3n) is 3.34. The predicted molar refractivity (Wildman–Crippen MR) is 97.8 cm³/mol. The highest BCUT2D eigenvalue weighted by Gasteiger charge is 2.07. The normalized spacial score (nSPS) is 11.8. The Kier molecular flexibility index (Phi) is 5.37. The fraction of sp³-hybridized carbons (Fsp3) is 0.235. The Balaban J connectivity index is 1.97. The van der Waals surface area contributed by atoms with E-state index in [1.165, 1.54) is 16.7 Å². The van der Waals surface area contributed by atoms with Crippen LogP contribution in [0.1, 0.15) is 29.7 Å². The number of thiocarbonyl (C=S) groups is 1. The summed E-state index contributed by atoms with van der Waals surface area (Å²) in [6.07, 6.45) is 0. The SMILES string of the molecule is Cc1ccc([C@@H](C)NC(=S)Nc2ccc(Br)c(C)c2)cc1. The van der Waals surface area contributed by atoms with Gasteiger partial charge >= 0.3 is 0 Å². The minimum Gasteiger partial charge on any atom is -0.356 e. The summed E-state index contributed by atoms with van der Waals surface area (Å²) in [6.45, 7) is 6.25. The van der Waals surface area contributed by atoms with Crippen molar-refractivity contribution in [2.75, 3.05) is 5.32 Å². The summed E-state index contributed by atoms with van der Waals surface area (Å²) in [5, 5.41) is 7.16. The molecule has 0 radical (unpaired) electrons. The van der Waals surface area contributed by atoms with E-state index in [9.17, 15) is 0 Å². The minimum atomic E-state index is 0.169. The number of benzene rings is 2.